The van der Waals surface area contributed by atoms with Crippen molar-refractivity contribution in [2.24, 2.45) is 0 Å². The number of aromatic carboxylic acids is 1. The van der Waals surface area contributed by atoms with Crippen LogP contribution in [0.5, 0.6) is 0 Å². The van der Waals surface area contributed by atoms with Crippen molar-refractivity contribution in [2.45, 2.75) is 18.8 Å². The minimum Gasteiger partial charge on any atom is -0.476 e. The lowest BCUT2D eigenvalue weighted by molar-refractivity contribution is 0.0688. The van der Waals surface area contributed by atoms with Crippen LogP contribution in [-0.2, 0) is 4.74 Å². The molecule has 1 fully saturated rings. The Labute approximate surface area is 97.4 Å². The fourth-order valence-electron chi connectivity index (χ4n) is 1.68. The molecule has 2 heterocycles. The fraction of sp³-hybridized carbons (Fsp3) is 0.500. The smallest absolute Gasteiger partial charge is 0.356 e. The average Bonchev–Trinajstić information content (AvgIpc) is 2.30. The van der Waals surface area contributed by atoms with Gasteiger partial charge in [-0.15, -0.1) is 0 Å². The summed E-state index contributed by atoms with van der Waals surface area (Å²) in [5, 5.41) is 8.96. The predicted octanol–water partition coefficient (Wildman–Crippen LogP) is 1.72. The van der Waals surface area contributed by atoms with Crippen molar-refractivity contribution in [1.82, 2.24) is 9.97 Å². The highest BCUT2D eigenvalue weighted by Crippen LogP contribution is 2.25. The van der Waals surface area contributed by atoms with Crippen LogP contribution in [0.2, 0.25) is 5.02 Å². The van der Waals surface area contributed by atoms with Gasteiger partial charge in [0.25, 0.3) is 0 Å². The molecular formula is C10H11ClN2O3. The van der Waals surface area contributed by atoms with Crippen LogP contribution in [0.1, 0.15) is 35.1 Å². The summed E-state index contributed by atoms with van der Waals surface area (Å²) < 4.78 is 5.22. The molecule has 0 saturated carbocycles. The van der Waals surface area contributed by atoms with E-state index in [4.69, 9.17) is 21.4 Å². The minimum absolute atomic E-state index is 0.0725. The van der Waals surface area contributed by atoms with Crippen LogP contribution in [0.3, 0.4) is 0 Å². The average molecular weight is 243 g/mol. The summed E-state index contributed by atoms with van der Waals surface area (Å²) in [5.74, 6) is -0.407. The predicted molar refractivity (Wildman–Crippen MR) is 56.8 cm³/mol. The molecule has 1 aromatic rings. The van der Waals surface area contributed by atoms with E-state index in [9.17, 15) is 4.79 Å². The number of hydrogen-bond donors (Lipinski definition) is 1. The Balaban J connectivity index is 2.27. The highest BCUT2D eigenvalue weighted by atomic mass is 35.5. The molecule has 0 bridgehead atoms. The molecule has 1 aliphatic rings. The van der Waals surface area contributed by atoms with Gasteiger partial charge in [0, 0.05) is 19.1 Å². The zero-order chi connectivity index (χ0) is 11.5. The maximum atomic E-state index is 10.9. The van der Waals surface area contributed by atoms with Crippen LogP contribution >= 0.6 is 11.6 Å². The van der Waals surface area contributed by atoms with Crippen molar-refractivity contribution in [3.05, 3.63) is 22.7 Å². The first-order valence-electron chi connectivity index (χ1n) is 5.02. The Morgan fingerprint density at radius 3 is 2.81 bits per heavy atom. The molecule has 0 amide bonds. The Bertz CT molecular complexity index is 405. The summed E-state index contributed by atoms with van der Waals surface area (Å²) in [5.41, 5.74) is -0.127. The second-order valence-electron chi connectivity index (χ2n) is 3.62. The number of carboxylic acids is 1. The lowest BCUT2D eigenvalue weighted by atomic mass is 9.99. The van der Waals surface area contributed by atoms with Crippen LogP contribution < -0.4 is 0 Å². The lowest BCUT2D eigenvalue weighted by Crippen LogP contribution is -2.17. The first-order valence-corrected chi connectivity index (χ1v) is 5.39. The highest BCUT2D eigenvalue weighted by molar-refractivity contribution is 6.33. The van der Waals surface area contributed by atoms with E-state index in [1.165, 1.54) is 6.20 Å². The van der Waals surface area contributed by atoms with Crippen molar-refractivity contribution in [1.29, 1.82) is 0 Å². The molecule has 0 unspecified atom stereocenters. The van der Waals surface area contributed by atoms with Crippen molar-refractivity contribution < 1.29 is 14.6 Å². The molecule has 1 aromatic heterocycles. The van der Waals surface area contributed by atoms with E-state index in [0.29, 0.717) is 19.0 Å². The molecule has 0 atom stereocenters. The van der Waals surface area contributed by atoms with E-state index >= 15 is 0 Å². The van der Waals surface area contributed by atoms with Gasteiger partial charge in [-0.25, -0.2) is 14.8 Å². The van der Waals surface area contributed by atoms with Gasteiger partial charge in [0.2, 0.25) is 0 Å². The van der Waals surface area contributed by atoms with Crippen molar-refractivity contribution in [3.8, 4) is 0 Å². The number of hydrogen-bond acceptors (Lipinski definition) is 4. The molecule has 1 N–H and O–H groups in total. The Morgan fingerprint density at radius 1 is 1.50 bits per heavy atom. The number of halogens is 1. The van der Waals surface area contributed by atoms with Crippen LogP contribution in [0.4, 0.5) is 0 Å². The van der Waals surface area contributed by atoms with Gasteiger partial charge in [-0.3, -0.25) is 0 Å². The molecular weight excluding hydrogens is 232 g/mol. The Hall–Kier alpha value is -1.20. The number of nitrogens with zero attached hydrogens (tertiary/aromatic N) is 2. The van der Waals surface area contributed by atoms with E-state index in [1.807, 2.05) is 0 Å². The summed E-state index contributed by atoms with van der Waals surface area (Å²) in [6.07, 6.45) is 2.99. The number of carboxylic acid groups (broad SMARTS) is 1. The van der Waals surface area contributed by atoms with Crippen molar-refractivity contribution in [3.63, 3.8) is 0 Å². The van der Waals surface area contributed by atoms with Gasteiger partial charge >= 0.3 is 5.97 Å². The number of aromatic nitrogens is 2. The summed E-state index contributed by atoms with van der Waals surface area (Å²) >= 11 is 5.70. The van der Waals surface area contributed by atoms with Gasteiger partial charge in [-0.05, 0) is 12.8 Å². The molecule has 1 saturated heterocycles. The Kier molecular flexibility index (Phi) is 3.36. The van der Waals surface area contributed by atoms with Gasteiger partial charge in [0.05, 0.1) is 11.2 Å². The van der Waals surface area contributed by atoms with Crippen molar-refractivity contribution >= 4 is 17.6 Å². The molecule has 16 heavy (non-hydrogen) atoms. The minimum atomic E-state index is -1.12. The molecule has 2 rings (SSSR count). The van der Waals surface area contributed by atoms with Crippen LogP contribution in [0.15, 0.2) is 6.20 Å². The third kappa shape index (κ3) is 2.31. The second kappa shape index (κ2) is 4.76. The maximum absolute atomic E-state index is 10.9. The van der Waals surface area contributed by atoms with E-state index in [1.54, 1.807) is 0 Å². The SMILES string of the molecule is O=C(O)c1nc(C2CCOCC2)ncc1Cl. The molecule has 5 nitrogen and oxygen atoms in total. The molecule has 1 aliphatic heterocycles. The van der Waals surface area contributed by atoms with Gasteiger partial charge in [-0.1, -0.05) is 11.6 Å². The zero-order valence-corrected chi connectivity index (χ0v) is 9.28. The standard InChI is InChI=1S/C10H11ClN2O3/c11-7-5-12-9(13-8(7)10(14)15)6-1-3-16-4-2-6/h5-6H,1-4H2,(H,14,15). The first-order chi connectivity index (χ1) is 7.68. The third-order valence-electron chi connectivity index (χ3n) is 2.55. The molecule has 0 aliphatic carbocycles. The largest absolute Gasteiger partial charge is 0.476 e. The second-order valence-corrected chi connectivity index (χ2v) is 4.02. The first kappa shape index (κ1) is 11.3. The van der Waals surface area contributed by atoms with Gasteiger partial charge in [0.1, 0.15) is 5.82 Å². The van der Waals surface area contributed by atoms with E-state index in [2.05, 4.69) is 9.97 Å². The lowest BCUT2D eigenvalue weighted by Gasteiger charge is -2.20. The van der Waals surface area contributed by atoms with Crippen LogP contribution in [-0.4, -0.2) is 34.3 Å². The quantitative estimate of drug-likeness (QED) is 0.855. The van der Waals surface area contributed by atoms with Crippen molar-refractivity contribution in [2.75, 3.05) is 13.2 Å². The summed E-state index contributed by atoms with van der Waals surface area (Å²) in [6, 6.07) is 0. The molecule has 0 spiro atoms. The summed E-state index contributed by atoms with van der Waals surface area (Å²) in [6.45, 7) is 1.33. The van der Waals surface area contributed by atoms with Crippen LogP contribution in [0, 0.1) is 0 Å². The summed E-state index contributed by atoms with van der Waals surface area (Å²) in [7, 11) is 0. The van der Waals surface area contributed by atoms with E-state index in [0.717, 1.165) is 12.8 Å². The monoisotopic (exact) mass is 242 g/mol. The van der Waals surface area contributed by atoms with E-state index < -0.39 is 5.97 Å². The number of ether oxygens (including phenoxy) is 1. The highest BCUT2D eigenvalue weighted by Gasteiger charge is 2.21. The molecule has 86 valence electrons. The molecule has 0 radical (unpaired) electrons. The van der Waals surface area contributed by atoms with Crippen LogP contribution in [0.25, 0.3) is 0 Å². The third-order valence-corrected chi connectivity index (χ3v) is 2.83. The van der Waals surface area contributed by atoms with Gasteiger partial charge < -0.3 is 9.84 Å². The topological polar surface area (TPSA) is 72.3 Å². The van der Waals surface area contributed by atoms with Gasteiger partial charge in [-0.2, -0.15) is 0 Å². The molecule has 6 heteroatoms. The number of carbonyl (C=O) groups is 1. The normalized spacial score (nSPS) is 17.3. The fourth-order valence-corrected chi connectivity index (χ4v) is 1.86. The summed E-state index contributed by atoms with van der Waals surface area (Å²) in [4.78, 5) is 18.9. The van der Waals surface area contributed by atoms with E-state index in [-0.39, 0.29) is 16.6 Å². The van der Waals surface area contributed by atoms with Gasteiger partial charge in [0.15, 0.2) is 5.69 Å². The Morgan fingerprint density at radius 2 is 2.19 bits per heavy atom. The zero-order valence-electron chi connectivity index (χ0n) is 8.52. The maximum Gasteiger partial charge on any atom is 0.356 e. The number of rotatable bonds is 2. The molecule has 0 aromatic carbocycles.